The van der Waals surface area contributed by atoms with E-state index in [0.717, 1.165) is 5.56 Å². The van der Waals surface area contributed by atoms with Gasteiger partial charge in [0, 0.05) is 18.0 Å². The summed E-state index contributed by atoms with van der Waals surface area (Å²) in [6.45, 7) is 1.54. The molecule has 0 saturated carbocycles. The van der Waals surface area contributed by atoms with Gasteiger partial charge in [0.05, 0.1) is 16.4 Å². The molecule has 1 atom stereocenters. The zero-order chi connectivity index (χ0) is 21.3. The molecule has 1 N–H and O–H groups in total. The molecule has 154 valence electrons. The summed E-state index contributed by atoms with van der Waals surface area (Å²) in [6, 6.07) is 12.5. The number of carbonyl (C=O) groups excluding carboxylic acids is 2. The van der Waals surface area contributed by atoms with Crippen LogP contribution in [0, 0.1) is 0 Å². The van der Waals surface area contributed by atoms with Crippen molar-refractivity contribution in [3.05, 3.63) is 52.9 Å². The van der Waals surface area contributed by atoms with Gasteiger partial charge in [0.15, 0.2) is 17.8 Å². The van der Waals surface area contributed by atoms with Crippen LogP contribution >= 0.6 is 22.9 Å². The van der Waals surface area contributed by atoms with Gasteiger partial charge in [-0.25, -0.2) is 4.98 Å². The second kappa shape index (κ2) is 8.33. The fraction of sp³-hybridized carbons (Fsp3) is 0.190. The molecule has 0 unspecified atom stereocenters. The molecular formula is C21H18ClN3O4S. The second-order valence-corrected chi connectivity index (χ2v) is 7.91. The number of rotatable bonds is 5. The number of carbonyl (C=O) groups is 2. The lowest BCUT2D eigenvalue weighted by molar-refractivity contribution is -0.125. The van der Waals surface area contributed by atoms with Gasteiger partial charge in [0.25, 0.3) is 11.8 Å². The number of nitrogens with one attached hydrogen (secondary N) is 1. The highest BCUT2D eigenvalue weighted by molar-refractivity contribution is 7.14. The number of halogens is 1. The van der Waals surface area contributed by atoms with E-state index in [9.17, 15) is 9.59 Å². The van der Waals surface area contributed by atoms with Gasteiger partial charge < -0.3 is 14.4 Å². The van der Waals surface area contributed by atoms with Crippen molar-refractivity contribution in [1.29, 1.82) is 0 Å². The number of hydrogen-bond acceptors (Lipinski definition) is 6. The summed E-state index contributed by atoms with van der Waals surface area (Å²) in [7, 11) is 1.72. The number of anilines is 2. The van der Waals surface area contributed by atoms with Gasteiger partial charge in [0.2, 0.25) is 0 Å². The lowest BCUT2D eigenvalue weighted by Gasteiger charge is -2.30. The minimum atomic E-state index is -0.512. The van der Waals surface area contributed by atoms with Crippen molar-refractivity contribution in [1.82, 2.24) is 4.98 Å². The Kier molecular flexibility index (Phi) is 5.61. The van der Waals surface area contributed by atoms with E-state index in [-0.39, 0.29) is 18.4 Å². The molecule has 0 radical (unpaired) electrons. The smallest absolute Gasteiger partial charge is 0.267 e. The van der Waals surface area contributed by atoms with Crippen LogP contribution in [0.2, 0.25) is 5.02 Å². The van der Waals surface area contributed by atoms with Crippen LogP contribution in [0.1, 0.15) is 6.92 Å². The average Bonchev–Trinajstić information content (AvgIpc) is 3.20. The van der Waals surface area contributed by atoms with E-state index in [1.165, 1.54) is 11.3 Å². The molecular weight excluding hydrogens is 426 g/mol. The molecule has 2 aromatic carbocycles. The van der Waals surface area contributed by atoms with E-state index in [0.29, 0.717) is 33.0 Å². The van der Waals surface area contributed by atoms with Crippen LogP contribution in [0.5, 0.6) is 11.5 Å². The fourth-order valence-corrected chi connectivity index (χ4v) is 3.92. The van der Waals surface area contributed by atoms with Crippen molar-refractivity contribution in [2.75, 3.05) is 23.9 Å². The summed E-state index contributed by atoms with van der Waals surface area (Å²) >= 11 is 7.32. The first-order chi connectivity index (χ1) is 14.4. The van der Waals surface area contributed by atoms with Crippen LogP contribution in [-0.2, 0) is 9.59 Å². The summed E-state index contributed by atoms with van der Waals surface area (Å²) in [5, 5.41) is 5.44. The molecule has 4 rings (SSSR count). The molecule has 30 heavy (non-hydrogen) atoms. The van der Waals surface area contributed by atoms with Crippen LogP contribution in [0.15, 0.2) is 47.8 Å². The maximum absolute atomic E-state index is 12.2. The highest BCUT2D eigenvalue weighted by atomic mass is 35.5. The third-order valence-corrected chi connectivity index (χ3v) is 5.61. The van der Waals surface area contributed by atoms with Gasteiger partial charge >= 0.3 is 0 Å². The van der Waals surface area contributed by atoms with Crippen LogP contribution < -0.4 is 19.7 Å². The second-order valence-electron chi connectivity index (χ2n) is 6.65. The number of ether oxygens (including phenoxy) is 2. The van der Waals surface area contributed by atoms with Crippen molar-refractivity contribution >= 4 is 45.6 Å². The Bertz CT molecular complexity index is 1120. The van der Waals surface area contributed by atoms with E-state index < -0.39 is 6.10 Å². The molecule has 0 saturated heterocycles. The number of benzene rings is 2. The van der Waals surface area contributed by atoms with Gasteiger partial charge in [-0.3, -0.25) is 14.9 Å². The highest BCUT2D eigenvalue weighted by Gasteiger charge is 2.29. The van der Waals surface area contributed by atoms with Crippen molar-refractivity contribution in [3.63, 3.8) is 0 Å². The number of aromatic nitrogens is 1. The number of amides is 2. The summed E-state index contributed by atoms with van der Waals surface area (Å²) in [5.41, 5.74) is 2.18. The highest BCUT2D eigenvalue weighted by Crippen LogP contribution is 2.37. The van der Waals surface area contributed by atoms with Crippen molar-refractivity contribution < 1.29 is 19.1 Å². The standard InChI is InChI=1S/C21H18ClN3O4S/c1-12-20(27)25(2)16-9-13(7-8-18(16)29-12)15-11-30-21(23-15)24-19(26)10-28-17-6-4-3-5-14(17)22/h3-9,11-12H,10H2,1-2H3,(H,23,24,26)/t12-/m1/s1. The predicted octanol–water partition coefficient (Wildman–Crippen LogP) is 4.22. The summed E-state index contributed by atoms with van der Waals surface area (Å²) in [5.74, 6) is 0.644. The minimum absolute atomic E-state index is 0.107. The number of likely N-dealkylation sites (N-methyl/N-ethyl adjacent to an activating group) is 1. The molecule has 2 amide bonds. The first-order valence-electron chi connectivity index (χ1n) is 9.13. The fourth-order valence-electron chi connectivity index (χ4n) is 2.99. The molecule has 9 heteroatoms. The molecule has 3 aromatic rings. The molecule has 1 aliphatic rings. The molecule has 2 heterocycles. The van der Waals surface area contributed by atoms with Gasteiger partial charge in [-0.1, -0.05) is 23.7 Å². The maximum Gasteiger partial charge on any atom is 0.267 e. The van der Waals surface area contributed by atoms with Gasteiger partial charge in [0.1, 0.15) is 11.5 Å². The number of nitrogens with zero attached hydrogens (tertiary/aromatic N) is 2. The van der Waals surface area contributed by atoms with Crippen LogP contribution in [0.4, 0.5) is 10.8 Å². The van der Waals surface area contributed by atoms with E-state index >= 15 is 0 Å². The molecule has 0 aliphatic carbocycles. The Balaban J connectivity index is 1.44. The van der Waals surface area contributed by atoms with E-state index in [1.54, 1.807) is 43.1 Å². The van der Waals surface area contributed by atoms with Crippen molar-refractivity contribution in [3.8, 4) is 22.8 Å². The Morgan fingerprint density at radius 3 is 2.93 bits per heavy atom. The van der Waals surface area contributed by atoms with Crippen LogP contribution in [0.25, 0.3) is 11.3 Å². The molecule has 0 spiro atoms. The Morgan fingerprint density at radius 1 is 1.33 bits per heavy atom. The normalized spacial score (nSPS) is 15.4. The first-order valence-corrected chi connectivity index (χ1v) is 10.4. The van der Waals surface area contributed by atoms with Gasteiger partial charge in [-0.15, -0.1) is 11.3 Å². The van der Waals surface area contributed by atoms with Gasteiger partial charge in [-0.2, -0.15) is 0 Å². The number of hydrogen-bond donors (Lipinski definition) is 1. The monoisotopic (exact) mass is 443 g/mol. The largest absolute Gasteiger partial charge is 0.482 e. The van der Waals surface area contributed by atoms with Crippen LogP contribution in [0.3, 0.4) is 0 Å². The number of thiazole rings is 1. The number of fused-ring (bicyclic) bond motifs is 1. The van der Waals surface area contributed by atoms with E-state index in [2.05, 4.69) is 10.3 Å². The Hall–Kier alpha value is -3.10. The topological polar surface area (TPSA) is 80.8 Å². The predicted molar refractivity (Wildman–Crippen MR) is 117 cm³/mol. The quantitative estimate of drug-likeness (QED) is 0.638. The van der Waals surface area contributed by atoms with E-state index in [4.69, 9.17) is 21.1 Å². The Labute approximate surface area is 182 Å². The lowest BCUT2D eigenvalue weighted by Crippen LogP contribution is -2.41. The number of para-hydroxylation sites is 1. The average molecular weight is 444 g/mol. The molecule has 1 aromatic heterocycles. The maximum atomic E-state index is 12.2. The molecule has 0 bridgehead atoms. The third kappa shape index (κ3) is 4.10. The minimum Gasteiger partial charge on any atom is -0.482 e. The summed E-state index contributed by atoms with van der Waals surface area (Å²) in [4.78, 5) is 30.4. The van der Waals surface area contributed by atoms with Crippen molar-refractivity contribution in [2.45, 2.75) is 13.0 Å². The molecule has 0 fully saturated rings. The van der Waals surface area contributed by atoms with E-state index in [1.807, 2.05) is 23.6 Å². The Morgan fingerprint density at radius 2 is 2.13 bits per heavy atom. The molecule has 1 aliphatic heterocycles. The zero-order valence-corrected chi connectivity index (χ0v) is 17.8. The lowest BCUT2D eigenvalue weighted by atomic mass is 10.1. The molecule has 7 nitrogen and oxygen atoms in total. The SMILES string of the molecule is C[C@H]1Oc2ccc(-c3csc(NC(=O)COc4ccccc4Cl)n3)cc2N(C)C1=O. The zero-order valence-electron chi connectivity index (χ0n) is 16.2. The summed E-state index contributed by atoms with van der Waals surface area (Å²) < 4.78 is 11.1. The summed E-state index contributed by atoms with van der Waals surface area (Å²) in [6.07, 6.45) is -0.512. The van der Waals surface area contributed by atoms with Crippen molar-refractivity contribution in [2.24, 2.45) is 0 Å². The first kappa shape index (κ1) is 20.2. The third-order valence-electron chi connectivity index (χ3n) is 4.54. The van der Waals surface area contributed by atoms with Crippen LogP contribution in [-0.4, -0.2) is 36.6 Å². The van der Waals surface area contributed by atoms with Gasteiger partial charge in [-0.05, 0) is 37.3 Å².